The highest BCUT2D eigenvalue weighted by Crippen LogP contribution is 2.16. The van der Waals surface area contributed by atoms with Crippen molar-refractivity contribution < 1.29 is 13.6 Å². The zero-order chi connectivity index (χ0) is 21.3. The normalized spacial score (nSPS) is 18.4. The number of nitrogens with one attached hydrogen (secondary N) is 2. The number of hydrogen-bond acceptors (Lipinski definition) is 3. The fraction of sp³-hybridized carbons (Fsp3) is 0.636. The molecule has 0 saturated carbocycles. The maximum absolute atomic E-state index is 12.5. The highest BCUT2D eigenvalue weighted by Gasteiger charge is 2.22. The first-order valence-corrected chi connectivity index (χ1v) is 10.9. The molecule has 0 atom stereocenters. The number of aliphatic imine (C=N–C) groups is 1. The van der Waals surface area contributed by atoms with Crippen molar-refractivity contribution in [3.63, 3.8) is 0 Å². The Morgan fingerprint density at radius 1 is 1.23 bits per heavy atom. The van der Waals surface area contributed by atoms with E-state index in [4.69, 9.17) is 4.99 Å². The molecule has 9 heteroatoms. The summed E-state index contributed by atoms with van der Waals surface area (Å²) in [6.07, 6.45) is 0.991. The molecule has 0 radical (unpaired) electrons. The lowest BCUT2D eigenvalue weighted by Gasteiger charge is -2.32. The van der Waals surface area contributed by atoms with Crippen LogP contribution < -0.4 is 10.6 Å². The minimum absolute atomic E-state index is 0. The lowest BCUT2D eigenvalue weighted by atomic mass is 10.1. The Bertz CT molecular complexity index is 726. The van der Waals surface area contributed by atoms with Crippen molar-refractivity contribution in [2.75, 3.05) is 32.7 Å². The third-order valence-corrected chi connectivity index (χ3v) is 5.62. The van der Waals surface area contributed by atoms with E-state index >= 15 is 0 Å². The van der Waals surface area contributed by atoms with Gasteiger partial charge in [-0.15, -0.1) is 24.0 Å². The maximum Gasteiger partial charge on any atom is 0.251 e. The molecular formula is C22H34F2IN5O. The van der Waals surface area contributed by atoms with E-state index in [0.717, 1.165) is 49.4 Å². The molecule has 6 nitrogen and oxygen atoms in total. The van der Waals surface area contributed by atoms with Crippen LogP contribution in [0.4, 0.5) is 8.78 Å². The van der Waals surface area contributed by atoms with Crippen molar-refractivity contribution in [1.82, 2.24) is 20.4 Å². The number of likely N-dealkylation sites (tertiary alicyclic amines) is 2. The summed E-state index contributed by atoms with van der Waals surface area (Å²) in [5, 5.41) is 6.73. The Kier molecular flexibility index (Phi) is 10.9. The van der Waals surface area contributed by atoms with Gasteiger partial charge in [0.15, 0.2) is 5.96 Å². The van der Waals surface area contributed by atoms with Crippen LogP contribution in [0.25, 0.3) is 0 Å². The number of rotatable bonds is 8. The molecule has 0 spiro atoms. The van der Waals surface area contributed by atoms with Gasteiger partial charge in [-0.05, 0) is 37.3 Å². The van der Waals surface area contributed by atoms with E-state index in [2.05, 4.69) is 22.8 Å². The zero-order valence-corrected chi connectivity index (χ0v) is 20.5. The molecule has 1 amide bonds. The number of piperidine rings is 1. The van der Waals surface area contributed by atoms with Crippen LogP contribution in [0.3, 0.4) is 0 Å². The molecule has 31 heavy (non-hydrogen) atoms. The lowest BCUT2D eigenvalue weighted by molar-refractivity contribution is -0.128. The van der Waals surface area contributed by atoms with Crippen molar-refractivity contribution in [3.05, 3.63) is 35.4 Å². The van der Waals surface area contributed by atoms with Crippen LogP contribution in [-0.4, -0.2) is 66.9 Å². The number of carbonyl (C=O) groups is 1. The van der Waals surface area contributed by atoms with Crippen LogP contribution in [0.2, 0.25) is 0 Å². The number of guanidine groups is 1. The minimum atomic E-state index is -2.27. The van der Waals surface area contributed by atoms with Crippen molar-refractivity contribution in [2.45, 2.75) is 58.2 Å². The first-order chi connectivity index (χ1) is 14.5. The van der Waals surface area contributed by atoms with Crippen molar-refractivity contribution >= 4 is 35.8 Å². The van der Waals surface area contributed by atoms with E-state index < -0.39 is 6.43 Å². The smallest absolute Gasteiger partial charge is 0.251 e. The third kappa shape index (κ3) is 8.51. The molecular weight excluding hydrogens is 515 g/mol. The second-order valence-electron chi connectivity index (χ2n) is 8.04. The first-order valence-electron chi connectivity index (χ1n) is 10.9. The number of benzene rings is 1. The van der Waals surface area contributed by atoms with Crippen molar-refractivity contribution in [3.8, 4) is 0 Å². The van der Waals surface area contributed by atoms with Gasteiger partial charge in [-0.1, -0.05) is 24.3 Å². The Balaban J connectivity index is 0.00000341. The molecule has 0 aliphatic carbocycles. The van der Waals surface area contributed by atoms with Crippen LogP contribution in [0.15, 0.2) is 29.3 Å². The van der Waals surface area contributed by atoms with Gasteiger partial charge in [0.2, 0.25) is 5.91 Å². The van der Waals surface area contributed by atoms with Gasteiger partial charge in [0, 0.05) is 45.2 Å². The molecule has 0 bridgehead atoms. The SMILES string of the molecule is CCNC(=NCc1cccc(CN2CCCC2=O)c1)NC1CCN(CC(F)F)CC1.I. The fourth-order valence-corrected chi connectivity index (χ4v) is 4.06. The largest absolute Gasteiger partial charge is 0.357 e. The summed E-state index contributed by atoms with van der Waals surface area (Å²) in [6, 6.07) is 8.46. The minimum Gasteiger partial charge on any atom is -0.357 e. The number of halogens is 3. The van der Waals surface area contributed by atoms with Gasteiger partial charge in [0.1, 0.15) is 0 Å². The maximum atomic E-state index is 12.5. The predicted octanol–water partition coefficient (Wildman–Crippen LogP) is 3.21. The van der Waals surface area contributed by atoms with Gasteiger partial charge < -0.3 is 15.5 Å². The average molecular weight is 549 g/mol. The van der Waals surface area contributed by atoms with Crippen LogP contribution in [0, 0.1) is 0 Å². The lowest BCUT2D eigenvalue weighted by Crippen LogP contribution is -2.49. The van der Waals surface area contributed by atoms with E-state index in [1.54, 1.807) is 0 Å². The second kappa shape index (κ2) is 13.1. The Hall–Kier alpha value is -1.49. The van der Waals surface area contributed by atoms with Crippen LogP contribution in [0.5, 0.6) is 0 Å². The van der Waals surface area contributed by atoms with Crippen molar-refractivity contribution in [2.24, 2.45) is 4.99 Å². The summed E-state index contributed by atoms with van der Waals surface area (Å²) in [5.41, 5.74) is 2.23. The second-order valence-corrected chi connectivity index (χ2v) is 8.04. The quantitative estimate of drug-likeness (QED) is 0.297. The number of carbonyl (C=O) groups excluding carboxylic acids is 1. The monoisotopic (exact) mass is 549 g/mol. The summed E-state index contributed by atoms with van der Waals surface area (Å²) >= 11 is 0. The highest BCUT2D eigenvalue weighted by molar-refractivity contribution is 14.0. The number of nitrogens with zero attached hydrogens (tertiary/aromatic N) is 3. The molecule has 2 aliphatic heterocycles. The number of amides is 1. The molecule has 2 saturated heterocycles. The summed E-state index contributed by atoms with van der Waals surface area (Å²) in [4.78, 5) is 20.3. The Labute approximate surface area is 200 Å². The number of alkyl halides is 2. The molecule has 2 fully saturated rings. The van der Waals surface area contributed by atoms with Gasteiger partial charge in [-0.2, -0.15) is 0 Å². The van der Waals surface area contributed by atoms with E-state index in [0.29, 0.717) is 32.6 Å². The van der Waals surface area contributed by atoms with Crippen LogP contribution >= 0.6 is 24.0 Å². The van der Waals surface area contributed by atoms with E-state index in [9.17, 15) is 13.6 Å². The van der Waals surface area contributed by atoms with Gasteiger partial charge >= 0.3 is 0 Å². The first kappa shape index (κ1) is 25.8. The summed E-state index contributed by atoms with van der Waals surface area (Å²) in [5.74, 6) is 0.988. The Morgan fingerprint density at radius 3 is 2.61 bits per heavy atom. The molecule has 1 aromatic rings. The van der Waals surface area contributed by atoms with Gasteiger partial charge in [0.25, 0.3) is 6.43 Å². The molecule has 2 aliphatic rings. The molecule has 2 heterocycles. The van der Waals surface area contributed by atoms with E-state index in [-0.39, 0.29) is 42.5 Å². The molecule has 0 aromatic heterocycles. The van der Waals surface area contributed by atoms with Crippen LogP contribution in [0.1, 0.15) is 43.7 Å². The van der Waals surface area contributed by atoms with Crippen LogP contribution in [-0.2, 0) is 17.9 Å². The van der Waals surface area contributed by atoms with E-state index in [1.807, 2.05) is 28.9 Å². The molecule has 2 N–H and O–H groups in total. The Morgan fingerprint density at radius 2 is 1.97 bits per heavy atom. The predicted molar refractivity (Wildman–Crippen MR) is 130 cm³/mol. The number of hydrogen-bond donors (Lipinski definition) is 2. The molecule has 1 aromatic carbocycles. The van der Waals surface area contributed by atoms with Gasteiger partial charge in [0.05, 0.1) is 13.1 Å². The average Bonchev–Trinajstić information content (AvgIpc) is 3.12. The molecule has 174 valence electrons. The van der Waals surface area contributed by atoms with E-state index in [1.165, 1.54) is 0 Å². The standard InChI is InChI=1S/C22H33F2N5O.HI/c1-2-25-22(27-19-8-11-28(12-9-19)16-20(23)24)26-14-17-5-3-6-18(13-17)15-29-10-4-7-21(29)30;/h3,5-6,13,19-20H,2,4,7-12,14-16H2,1H3,(H2,25,26,27);1H. The fourth-order valence-electron chi connectivity index (χ4n) is 4.06. The summed E-state index contributed by atoms with van der Waals surface area (Å²) < 4.78 is 25.1. The topological polar surface area (TPSA) is 60.0 Å². The highest BCUT2D eigenvalue weighted by atomic mass is 127. The van der Waals surface area contributed by atoms with Gasteiger partial charge in [-0.25, -0.2) is 13.8 Å². The zero-order valence-electron chi connectivity index (χ0n) is 18.2. The van der Waals surface area contributed by atoms with Crippen molar-refractivity contribution in [1.29, 1.82) is 0 Å². The summed E-state index contributed by atoms with van der Waals surface area (Å²) in [6.45, 7) is 6.04. The third-order valence-electron chi connectivity index (χ3n) is 5.62. The molecule has 3 rings (SSSR count). The summed E-state index contributed by atoms with van der Waals surface area (Å²) in [7, 11) is 0. The molecule has 0 unspecified atom stereocenters. The van der Waals surface area contributed by atoms with Gasteiger partial charge in [-0.3, -0.25) is 9.69 Å².